The Balaban J connectivity index is 1.39. The van der Waals surface area contributed by atoms with Crippen molar-refractivity contribution in [1.82, 2.24) is 16.0 Å². The van der Waals surface area contributed by atoms with Gasteiger partial charge in [0.25, 0.3) is 0 Å². The predicted octanol–water partition coefficient (Wildman–Crippen LogP) is 4.44. The van der Waals surface area contributed by atoms with Gasteiger partial charge < -0.3 is 35.8 Å². The van der Waals surface area contributed by atoms with Crippen molar-refractivity contribution in [2.45, 2.75) is 63.9 Å². The Morgan fingerprint density at radius 2 is 1.73 bits per heavy atom. The highest BCUT2D eigenvalue weighted by molar-refractivity contribution is 6.03. The van der Waals surface area contributed by atoms with Crippen LogP contribution in [0, 0.1) is 0 Å². The molecule has 252 valence electrons. The normalized spacial score (nSPS) is 15.4. The largest absolute Gasteiger partial charge is 0.445 e. The first kappa shape index (κ1) is 34.6. The van der Waals surface area contributed by atoms with Gasteiger partial charge in [-0.05, 0) is 71.3 Å². The maximum absolute atomic E-state index is 14.3. The zero-order valence-corrected chi connectivity index (χ0v) is 27.7. The molecular formula is C38H44N4O6. The number of rotatable bonds is 12. The van der Waals surface area contributed by atoms with Gasteiger partial charge in [-0.15, -0.1) is 0 Å². The number of hydrogen-bond donors (Lipinski definition) is 5. The van der Waals surface area contributed by atoms with Crippen LogP contribution in [-0.2, 0) is 33.9 Å². The van der Waals surface area contributed by atoms with Gasteiger partial charge in [0.2, 0.25) is 11.8 Å². The van der Waals surface area contributed by atoms with Crippen molar-refractivity contribution in [3.05, 3.63) is 102 Å². The van der Waals surface area contributed by atoms with E-state index >= 15 is 0 Å². The number of alkyl carbamates (subject to hydrolysis) is 1. The quantitative estimate of drug-likeness (QED) is 0.153. The summed E-state index contributed by atoms with van der Waals surface area (Å²) in [5, 5.41) is 29.7. The number of aliphatic hydroxyl groups excluding tert-OH is 2. The molecule has 10 heteroatoms. The van der Waals surface area contributed by atoms with E-state index in [2.05, 4.69) is 28.1 Å². The molecule has 10 nitrogen and oxygen atoms in total. The van der Waals surface area contributed by atoms with E-state index in [9.17, 15) is 19.5 Å². The highest BCUT2D eigenvalue weighted by Crippen LogP contribution is 2.35. The SMILES string of the molecule is CNC(=O)OCc1ccccc1-c1ccc(CN2C(=O)[C@H](NC(=O)CC(C)(C)NC[C@H](O)CO)CCc3c2ccc2ccccc32)cc1. The lowest BCUT2D eigenvalue weighted by Gasteiger charge is -2.29. The Labute approximate surface area is 281 Å². The van der Waals surface area contributed by atoms with Gasteiger partial charge in [0.1, 0.15) is 12.6 Å². The molecule has 5 N–H and O–H groups in total. The minimum Gasteiger partial charge on any atom is -0.445 e. The fourth-order valence-corrected chi connectivity index (χ4v) is 6.14. The van der Waals surface area contributed by atoms with Crippen molar-refractivity contribution in [1.29, 1.82) is 0 Å². The summed E-state index contributed by atoms with van der Waals surface area (Å²) in [5.74, 6) is -0.455. The van der Waals surface area contributed by atoms with Crippen molar-refractivity contribution in [3.8, 4) is 11.1 Å². The first-order valence-corrected chi connectivity index (χ1v) is 16.3. The Kier molecular flexibility index (Phi) is 11.1. The van der Waals surface area contributed by atoms with Gasteiger partial charge in [0, 0.05) is 31.2 Å². The standard InChI is InChI=1S/C38H44N4O6/c1-38(2,40-21-29(44)23-43)20-35(45)41-33-18-17-32-31-11-7-4-8-26(31)16-19-34(32)42(36(33)46)22-25-12-14-27(15-13-25)30-10-6-5-9-28(30)24-48-37(47)39-3/h4-16,19,29,33,40,43-44H,17-18,20-24H2,1-3H3,(H,39,47)(H,41,45)/t29-,33+/m0/s1. The summed E-state index contributed by atoms with van der Waals surface area (Å²) in [7, 11) is 1.52. The monoisotopic (exact) mass is 652 g/mol. The number of nitrogens with zero attached hydrogens (tertiary/aromatic N) is 1. The first-order valence-electron chi connectivity index (χ1n) is 16.3. The zero-order chi connectivity index (χ0) is 34.3. The van der Waals surface area contributed by atoms with E-state index in [1.54, 1.807) is 4.90 Å². The highest BCUT2D eigenvalue weighted by Gasteiger charge is 2.33. The molecule has 1 aliphatic rings. The average Bonchev–Trinajstić information content (AvgIpc) is 3.22. The van der Waals surface area contributed by atoms with E-state index in [4.69, 9.17) is 9.84 Å². The van der Waals surface area contributed by atoms with Crippen LogP contribution in [0.1, 0.15) is 43.4 Å². The number of β-amino-alcohol motifs (C(OH)–C–C–N with tert-alkyl or cyclic N) is 1. The van der Waals surface area contributed by atoms with Crippen molar-refractivity contribution in [2.24, 2.45) is 0 Å². The summed E-state index contributed by atoms with van der Waals surface area (Å²) in [6.07, 6.45) is -0.274. The van der Waals surface area contributed by atoms with Gasteiger partial charge in [-0.25, -0.2) is 4.79 Å². The molecule has 5 rings (SSSR count). The lowest BCUT2D eigenvalue weighted by atomic mass is 9.97. The molecule has 0 aliphatic carbocycles. The third-order valence-electron chi connectivity index (χ3n) is 8.70. The second-order valence-electron chi connectivity index (χ2n) is 12.8. The second-order valence-corrected chi connectivity index (χ2v) is 12.8. The van der Waals surface area contributed by atoms with Gasteiger partial charge >= 0.3 is 6.09 Å². The highest BCUT2D eigenvalue weighted by atomic mass is 16.5. The molecular weight excluding hydrogens is 608 g/mol. The Morgan fingerprint density at radius 1 is 1.00 bits per heavy atom. The van der Waals surface area contributed by atoms with Gasteiger partial charge in [-0.1, -0.05) is 78.9 Å². The molecule has 1 heterocycles. The van der Waals surface area contributed by atoms with Crippen molar-refractivity contribution in [2.75, 3.05) is 25.1 Å². The summed E-state index contributed by atoms with van der Waals surface area (Å²) < 4.78 is 5.29. The van der Waals surface area contributed by atoms with Gasteiger partial charge in [0.15, 0.2) is 0 Å². The molecule has 4 aromatic carbocycles. The maximum Gasteiger partial charge on any atom is 0.407 e. The lowest BCUT2D eigenvalue weighted by molar-refractivity contribution is -0.128. The molecule has 0 radical (unpaired) electrons. The number of carbonyl (C=O) groups is 3. The van der Waals surface area contributed by atoms with Crippen LogP contribution < -0.4 is 20.9 Å². The van der Waals surface area contributed by atoms with E-state index in [0.29, 0.717) is 19.4 Å². The minimum atomic E-state index is -0.926. The third kappa shape index (κ3) is 8.38. The maximum atomic E-state index is 14.3. The van der Waals surface area contributed by atoms with Crippen molar-refractivity contribution in [3.63, 3.8) is 0 Å². The summed E-state index contributed by atoms with van der Waals surface area (Å²) in [4.78, 5) is 41.0. The first-order chi connectivity index (χ1) is 23.1. The van der Waals surface area contributed by atoms with E-state index in [0.717, 1.165) is 44.3 Å². The Morgan fingerprint density at radius 3 is 2.48 bits per heavy atom. The van der Waals surface area contributed by atoms with Crippen LogP contribution in [-0.4, -0.2) is 66.0 Å². The number of ether oxygens (including phenoxy) is 1. The van der Waals surface area contributed by atoms with Crippen molar-refractivity contribution < 1.29 is 29.3 Å². The lowest BCUT2D eigenvalue weighted by Crippen LogP contribution is -2.51. The van der Waals surface area contributed by atoms with Gasteiger partial charge in [-0.3, -0.25) is 9.59 Å². The Bertz CT molecular complexity index is 1760. The molecule has 0 saturated carbocycles. The van der Waals surface area contributed by atoms with E-state index in [1.165, 1.54) is 7.05 Å². The number of fused-ring (bicyclic) bond motifs is 3. The van der Waals surface area contributed by atoms with Crippen LogP contribution in [0.15, 0.2) is 84.9 Å². The molecule has 0 saturated heterocycles. The summed E-state index contributed by atoms with van der Waals surface area (Å²) in [5.41, 5.74) is 4.93. The fourth-order valence-electron chi connectivity index (χ4n) is 6.14. The molecule has 1 aliphatic heterocycles. The number of hydrogen-bond acceptors (Lipinski definition) is 7. The number of aliphatic hydroxyl groups is 2. The molecule has 0 spiro atoms. The number of benzene rings is 4. The third-order valence-corrected chi connectivity index (χ3v) is 8.70. The second kappa shape index (κ2) is 15.4. The molecule has 48 heavy (non-hydrogen) atoms. The number of amides is 3. The summed E-state index contributed by atoms with van der Waals surface area (Å²) in [6, 6.07) is 27.2. The number of aryl methyl sites for hydroxylation is 1. The van der Waals surface area contributed by atoms with E-state index in [1.807, 2.05) is 86.6 Å². The predicted molar refractivity (Wildman–Crippen MR) is 186 cm³/mol. The Hall–Kier alpha value is -4.77. The van der Waals surface area contributed by atoms with Gasteiger partial charge in [0.05, 0.1) is 19.3 Å². The number of anilines is 1. The van der Waals surface area contributed by atoms with E-state index < -0.39 is 23.8 Å². The fraction of sp³-hybridized carbons (Fsp3) is 0.342. The summed E-state index contributed by atoms with van der Waals surface area (Å²) in [6.45, 7) is 3.90. The van der Waals surface area contributed by atoms with Crippen LogP contribution in [0.25, 0.3) is 21.9 Å². The smallest absolute Gasteiger partial charge is 0.407 e. The molecule has 4 aromatic rings. The van der Waals surface area contributed by atoms with Gasteiger partial charge in [-0.2, -0.15) is 0 Å². The molecule has 0 unspecified atom stereocenters. The number of nitrogens with one attached hydrogen (secondary N) is 3. The molecule has 0 bridgehead atoms. The van der Waals surface area contributed by atoms with Crippen LogP contribution in [0.5, 0.6) is 0 Å². The van der Waals surface area contributed by atoms with E-state index in [-0.39, 0.29) is 38.0 Å². The van der Waals surface area contributed by atoms with Crippen LogP contribution in [0.3, 0.4) is 0 Å². The molecule has 3 amide bonds. The van der Waals surface area contributed by atoms with Crippen LogP contribution >= 0.6 is 0 Å². The minimum absolute atomic E-state index is 0.0852. The molecule has 0 fully saturated rings. The van der Waals surface area contributed by atoms with Crippen molar-refractivity contribution >= 4 is 34.4 Å². The van der Waals surface area contributed by atoms with Crippen LogP contribution in [0.2, 0.25) is 0 Å². The van der Waals surface area contributed by atoms with Crippen LogP contribution in [0.4, 0.5) is 10.5 Å². The molecule has 2 atom stereocenters. The molecule has 0 aromatic heterocycles. The zero-order valence-electron chi connectivity index (χ0n) is 27.7. The number of carbonyl (C=O) groups excluding carboxylic acids is 3. The topological polar surface area (TPSA) is 140 Å². The average molecular weight is 653 g/mol. The summed E-state index contributed by atoms with van der Waals surface area (Å²) >= 11 is 0.